The summed E-state index contributed by atoms with van der Waals surface area (Å²) in [5, 5.41) is 21.2. The molecule has 1 aromatic carbocycles. The number of nitrogens with one attached hydrogen (secondary N) is 2. The van der Waals surface area contributed by atoms with Crippen LogP contribution in [-0.4, -0.2) is 86.3 Å². The molecule has 14 nitrogen and oxygen atoms in total. The molecule has 3 aromatic heterocycles. The van der Waals surface area contributed by atoms with Gasteiger partial charge < -0.3 is 30.9 Å². The van der Waals surface area contributed by atoms with E-state index in [1.165, 1.54) is 35.2 Å². The number of rotatable bonds is 10. The zero-order chi connectivity index (χ0) is 34.4. The standard InChI is InChI=1S/C31H27ClFN9O5S2/c1-47-39-23(20-14-49-31(34)37-20)27(43)38-24-28(44)42-25(30(45)46)16(13-48-29(24)42)11-40-7-2-3-21-22(40)4-8-41(21)12-17-18(32)9-15(10-19(17)33)26-35-5-6-36-26/h2-4,7-10,14,24,29H,5-6,11-13H2,1H3,(H4-,34,35,36,37,38,43,45,46)/p+1/t24-,29-/m1/s1. The van der Waals surface area contributed by atoms with Crippen molar-refractivity contribution in [2.75, 3.05) is 31.7 Å². The minimum atomic E-state index is -1.25. The molecule has 7 rings (SSSR count). The van der Waals surface area contributed by atoms with Gasteiger partial charge >= 0.3 is 5.97 Å². The molecule has 0 unspecified atom stereocenters. The van der Waals surface area contributed by atoms with Crippen LogP contribution in [0.2, 0.25) is 5.02 Å². The number of thioether (sulfide) groups is 1. The van der Waals surface area contributed by atoms with Gasteiger partial charge in [-0.3, -0.25) is 19.5 Å². The van der Waals surface area contributed by atoms with Crippen molar-refractivity contribution >= 4 is 80.2 Å². The van der Waals surface area contributed by atoms with Crippen molar-refractivity contribution < 1.29 is 33.3 Å². The van der Waals surface area contributed by atoms with E-state index < -0.39 is 35.0 Å². The Bertz CT molecular complexity index is 2110. The molecule has 6 heterocycles. The number of thiazole rings is 1. The number of amidine groups is 1. The lowest BCUT2D eigenvalue weighted by molar-refractivity contribution is -0.663. The number of carbonyl (C=O) groups is 3. The fraction of sp³-hybridized carbons (Fsp3) is 0.258. The maximum atomic E-state index is 15.3. The summed E-state index contributed by atoms with van der Waals surface area (Å²) in [6.07, 6.45) is 3.63. The molecule has 0 bridgehead atoms. The van der Waals surface area contributed by atoms with Gasteiger partial charge in [-0.1, -0.05) is 16.8 Å². The van der Waals surface area contributed by atoms with Crippen LogP contribution in [-0.2, 0) is 32.3 Å². The number of aromatic nitrogens is 3. The lowest BCUT2D eigenvalue weighted by Crippen LogP contribution is -2.71. The summed E-state index contributed by atoms with van der Waals surface area (Å²) in [5.41, 5.74) is 8.59. The van der Waals surface area contributed by atoms with Crippen molar-refractivity contribution in [2.45, 2.75) is 24.5 Å². The highest BCUT2D eigenvalue weighted by Crippen LogP contribution is 2.40. The number of carboxylic acid groups (broad SMARTS) is 1. The molecule has 252 valence electrons. The SMILES string of the molecule is CON=C(C(=O)N[C@@H]1C(=O)N2C(C(=O)O)=C(C[n+]3cccc4c3ccn4Cc3c(F)cc(C4=NCCN4)cc3Cl)CS[C@H]12)c1csc(N)n1. The van der Waals surface area contributed by atoms with Gasteiger partial charge in [0.2, 0.25) is 5.52 Å². The number of nitrogen functional groups attached to an aromatic ring is 1. The van der Waals surface area contributed by atoms with Crippen LogP contribution in [0.15, 0.2) is 69.5 Å². The van der Waals surface area contributed by atoms with Gasteiger partial charge in [0.15, 0.2) is 23.6 Å². The molecular weight excluding hydrogens is 697 g/mol. The van der Waals surface area contributed by atoms with Crippen LogP contribution in [0.4, 0.5) is 9.52 Å². The third-order valence-electron chi connectivity index (χ3n) is 8.29. The van der Waals surface area contributed by atoms with Gasteiger partial charge in [0.25, 0.3) is 11.8 Å². The fourth-order valence-electron chi connectivity index (χ4n) is 6.06. The number of hydrogen-bond donors (Lipinski definition) is 4. The molecule has 0 radical (unpaired) electrons. The predicted molar refractivity (Wildman–Crippen MR) is 182 cm³/mol. The number of nitrogens with two attached hydrogens (primary N) is 1. The first-order chi connectivity index (χ1) is 23.6. The first-order valence-electron chi connectivity index (χ1n) is 14.9. The number of benzene rings is 1. The Morgan fingerprint density at radius 1 is 1.35 bits per heavy atom. The van der Waals surface area contributed by atoms with E-state index >= 15 is 4.39 Å². The number of pyridine rings is 1. The number of nitrogens with zero attached hydrogens (tertiary/aromatic N) is 6. The number of amides is 2. The van der Waals surface area contributed by atoms with Crippen LogP contribution >= 0.6 is 34.7 Å². The summed E-state index contributed by atoms with van der Waals surface area (Å²) < 4.78 is 19.0. The maximum Gasteiger partial charge on any atom is 0.352 e. The summed E-state index contributed by atoms with van der Waals surface area (Å²) >= 11 is 9.01. The molecule has 1 fully saturated rings. The number of carboxylic acids is 1. The van der Waals surface area contributed by atoms with Gasteiger partial charge in [0, 0.05) is 57.7 Å². The third kappa shape index (κ3) is 5.97. The van der Waals surface area contributed by atoms with Crippen LogP contribution < -0.4 is 20.9 Å². The number of oxime groups is 1. The Balaban J connectivity index is 1.11. The highest BCUT2D eigenvalue weighted by atomic mass is 35.5. The molecule has 0 spiro atoms. The number of aliphatic imine (C=N–C) groups is 1. The van der Waals surface area contributed by atoms with E-state index in [9.17, 15) is 19.5 Å². The first kappa shape index (κ1) is 32.5. The highest BCUT2D eigenvalue weighted by Gasteiger charge is 2.55. The lowest BCUT2D eigenvalue weighted by atomic mass is 10.0. The molecule has 2 amide bonds. The largest absolute Gasteiger partial charge is 0.477 e. The summed E-state index contributed by atoms with van der Waals surface area (Å²) in [5.74, 6) is -2.06. The Morgan fingerprint density at radius 3 is 2.88 bits per heavy atom. The van der Waals surface area contributed by atoms with Gasteiger partial charge in [-0.15, -0.1) is 23.1 Å². The van der Waals surface area contributed by atoms with Gasteiger partial charge in [0.05, 0.1) is 13.1 Å². The van der Waals surface area contributed by atoms with Gasteiger partial charge in [-0.05, 0) is 18.2 Å². The van der Waals surface area contributed by atoms with Crippen LogP contribution in [0.3, 0.4) is 0 Å². The predicted octanol–water partition coefficient (Wildman–Crippen LogP) is 1.95. The minimum Gasteiger partial charge on any atom is -0.477 e. The quantitative estimate of drug-likeness (QED) is 0.0823. The second-order valence-electron chi connectivity index (χ2n) is 11.2. The summed E-state index contributed by atoms with van der Waals surface area (Å²) in [4.78, 5) is 53.4. The van der Waals surface area contributed by atoms with Gasteiger partial charge in [-0.25, -0.2) is 14.2 Å². The summed E-state index contributed by atoms with van der Waals surface area (Å²) in [6, 6.07) is 7.71. The zero-order valence-electron chi connectivity index (χ0n) is 25.7. The highest BCUT2D eigenvalue weighted by molar-refractivity contribution is 8.00. The second kappa shape index (κ2) is 13.1. The van der Waals surface area contributed by atoms with Crippen molar-refractivity contribution in [2.24, 2.45) is 10.1 Å². The Labute approximate surface area is 291 Å². The Kier molecular flexibility index (Phi) is 8.72. The van der Waals surface area contributed by atoms with Crippen LogP contribution in [0.1, 0.15) is 16.8 Å². The van der Waals surface area contributed by atoms with E-state index in [-0.39, 0.29) is 40.3 Å². The number of β-lactam (4-membered cyclic amide) rings is 1. The van der Waals surface area contributed by atoms with Crippen LogP contribution in [0, 0.1) is 5.82 Å². The smallest absolute Gasteiger partial charge is 0.352 e. The lowest BCUT2D eigenvalue weighted by Gasteiger charge is -2.49. The van der Waals surface area contributed by atoms with Crippen molar-refractivity contribution in [3.8, 4) is 0 Å². The van der Waals surface area contributed by atoms with E-state index in [0.29, 0.717) is 41.4 Å². The van der Waals surface area contributed by atoms with Gasteiger partial charge in [-0.2, -0.15) is 4.57 Å². The van der Waals surface area contributed by atoms with E-state index in [2.05, 4.69) is 25.8 Å². The molecule has 1 saturated heterocycles. The second-order valence-corrected chi connectivity index (χ2v) is 13.6. The van der Waals surface area contributed by atoms with Gasteiger partial charge in [0.1, 0.15) is 47.1 Å². The van der Waals surface area contributed by atoms with Crippen molar-refractivity contribution in [1.82, 2.24) is 25.1 Å². The average molecular weight is 725 g/mol. The molecule has 2 atom stereocenters. The molecule has 18 heteroatoms. The number of aliphatic carboxylic acids is 1. The van der Waals surface area contributed by atoms with E-state index in [4.69, 9.17) is 22.2 Å². The molecule has 0 aliphatic carbocycles. The van der Waals surface area contributed by atoms with Crippen molar-refractivity contribution in [3.63, 3.8) is 0 Å². The summed E-state index contributed by atoms with van der Waals surface area (Å²) in [7, 11) is 1.27. The normalized spacial score (nSPS) is 19.0. The van der Waals surface area contributed by atoms with Crippen molar-refractivity contribution in [3.05, 3.63) is 87.0 Å². The molecule has 3 aliphatic rings. The molecule has 4 aromatic rings. The monoisotopic (exact) mass is 724 g/mol. The number of hydrogen-bond acceptors (Lipinski definition) is 11. The zero-order valence-corrected chi connectivity index (χ0v) is 28.1. The Hall–Kier alpha value is -5.00. The number of carbonyl (C=O) groups excluding carboxylic acids is 2. The van der Waals surface area contributed by atoms with Crippen LogP contribution in [0.5, 0.6) is 0 Å². The topological polar surface area (TPSA) is 180 Å². The van der Waals surface area contributed by atoms with Crippen LogP contribution in [0.25, 0.3) is 11.0 Å². The number of fused-ring (bicyclic) bond motifs is 2. The van der Waals surface area contributed by atoms with E-state index in [1.54, 1.807) is 6.07 Å². The first-order valence-corrected chi connectivity index (χ1v) is 17.2. The fourth-order valence-corrected chi connectivity index (χ4v) is 8.21. The Morgan fingerprint density at radius 2 is 2.18 bits per heavy atom. The van der Waals surface area contributed by atoms with E-state index in [1.807, 2.05) is 39.7 Å². The third-order valence-corrected chi connectivity index (χ3v) is 10.6. The summed E-state index contributed by atoms with van der Waals surface area (Å²) in [6.45, 7) is 1.67. The molecular formula is C31H28ClFN9O5S2+. The maximum absolute atomic E-state index is 15.3. The molecule has 5 N–H and O–H groups in total. The molecule has 3 aliphatic heterocycles. The number of halogens is 2. The minimum absolute atomic E-state index is 0.128. The number of anilines is 1. The molecule has 0 saturated carbocycles. The molecule has 49 heavy (non-hydrogen) atoms. The average Bonchev–Trinajstić information content (AvgIpc) is 3.86. The van der Waals surface area contributed by atoms with E-state index in [0.717, 1.165) is 22.4 Å². The van der Waals surface area contributed by atoms with Crippen molar-refractivity contribution in [1.29, 1.82) is 0 Å².